The lowest BCUT2D eigenvalue weighted by Crippen LogP contribution is -2.66. The smallest absolute Gasteiger partial charge is 0.410 e. The maximum absolute atomic E-state index is 11.8. The monoisotopic (exact) mass is 228 g/mol. The maximum Gasteiger partial charge on any atom is 0.410 e. The minimum atomic E-state index is -0.431. The van der Waals surface area contributed by atoms with Crippen molar-refractivity contribution < 1.29 is 9.53 Å². The van der Waals surface area contributed by atoms with E-state index in [1.807, 2.05) is 20.8 Å². The minimum Gasteiger partial charge on any atom is -0.444 e. The van der Waals surface area contributed by atoms with Crippen LogP contribution >= 0.6 is 0 Å². The number of carbonyl (C=O) groups excluding carboxylic acids is 1. The number of hydrogen-bond acceptors (Lipinski definition) is 3. The zero-order chi connectivity index (χ0) is 12.5. The molecular weight excluding hydrogens is 204 g/mol. The maximum atomic E-state index is 11.8. The van der Waals surface area contributed by atoms with E-state index in [4.69, 9.17) is 10.5 Å². The summed E-state index contributed by atoms with van der Waals surface area (Å²) in [5.74, 6) is 0.543. The van der Waals surface area contributed by atoms with Crippen LogP contribution in [-0.2, 0) is 4.74 Å². The molecule has 94 valence electrons. The van der Waals surface area contributed by atoms with Crippen LogP contribution in [0.15, 0.2) is 0 Å². The molecule has 0 aromatic rings. The third-order valence-corrected chi connectivity index (χ3v) is 2.64. The summed E-state index contributed by atoms with van der Waals surface area (Å²) in [5.41, 5.74) is 5.48. The molecule has 0 aliphatic carbocycles. The van der Waals surface area contributed by atoms with E-state index in [0.717, 1.165) is 6.42 Å². The summed E-state index contributed by atoms with van der Waals surface area (Å²) in [7, 11) is 0. The van der Waals surface area contributed by atoms with E-state index in [9.17, 15) is 4.79 Å². The fourth-order valence-electron chi connectivity index (χ4n) is 1.89. The van der Waals surface area contributed by atoms with Crippen molar-refractivity contribution in [3.05, 3.63) is 0 Å². The molecule has 16 heavy (non-hydrogen) atoms. The number of hydrogen-bond donors (Lipinski definition) is 1. The topological polar surface area (TPSA) is 55.6 Å². The highest BCUT2D eigenvalue weighted by atomic mass is 16.6. The van der Waals surface area contributed by atoms with Crippen molar-refractivity contribution in [1.29, 1.82) is 0 Å². The SMILES string of the molecule is CC(C)CC1C(N)CN1C(=O)OC(C)(C)C. The summed E-state index contributed by atoms with van der Waals surface area (Å²) in [6.07, 6.45) is 0.709. The fourth-order valence-corrected chi connectivity index (χ4v) is 1.89. The Bertz CT molecular complexity index is 258. The predicted octanol–water partition coefficient (Wildman–Crippen LogP) is 1.98. The molecule has 0 saturated carbocycles. The molecule has 1 aliphatic heterocycles. The molecule has 1 aliphatic rings. The summed E-state index contributed by atoms with van der Waals surface area (Å²) < 4.78 is 5.33. The van der Waals surface area contributed by atoms with Gasteiger partial charge in [0.05, 0.1) is 6.04 Å². The Morgan fingerprint density at radius 2 is 2.06 bits per heavy atom. The zero-order valence-electron chi connectivity index (χ0n) is 11.0. The van der Waals surface area contributed by atoms with Crippen LogP contribution in [-0.4, -0.2) is 35.2 Å². The Kier molecular flexibility index (Phi) is 3.84. The van der Waals surface area contributed by atoms with Gasteiger partial charge in [0.1, 0.15) is 5.60 Å². The minimum absolute atomic E-state index is 0.106. The van der Waals surface area contributed by atoms with Gasteiger partial charge in [0.2, 0.25) is 0 Å². The molecule has 0 radical (unpaired) electrons. The van der Waals surface area contributed by atoms with Crippen molar-refractivity contribution in [2.75, 3.05) is 6.54 Å². The van der Waals surface area contributed by atoms with Gasteiger partial charge in [0.25, 0.3) is 0 Å². The van der Waals surface area contributed by atoms with Gasteiger partial charge >= 0.3 is 6.09 Å². The second-order valence-electron chi connectivity index (χ2n) is 5.99. The van der Waals surface area contributed by atoms with E-state index in [0.29, 0.717) is 12.5 Å². The lowest BCUT2D eigenvalue weighted by molar-refractivity contribution is -0.0168. The number of rotatable bonds is 2. The van der Waals surface area contributed by atoms with Gasteiger partial charge in [-0.2, -0.15) is 0 Å². The third kappa shape index (κ3) is 3.37. The molecule has 2 atom stereocenters. The second-order valence-corrected chi connectivity index (χ2v) is 5.99. The molecule has 2 N–H and O–H groups in total. The lowest BCUT2D eigenvalue weighted by atomic mass is 9.90. The van der Waals surface area contributed by atoms with Crippen LogP contribution in [0.2, 0.25) is 0 Å². The largest absolute Gasteiger partial charge is 0.444 e. The van der Waals surface area contributed by atoms with Crippen molar-refractivity contribution in [2.24, 2.45) is 11.7 Å². The summed E-state index contributed by atoms with van der Waals surface area (Å²) in [6.45, 7) is 10.5. The van der Waals surface area contributed by atoms with E-state index in [2.05, 4.69) is 13.8 Å². The van der Waals surface area contributed by atoms with Crippen LogP contribution < -0.4 is 5.73 Å². The van der Waals surface area contributed by atoms with Gasteiger partial charge in [-0.1, -0.05) is 13.8 Å². The van der Waals surface area contributed by atoms with Crippen LogP contribution in [0.25, 0.3) is 0 Å². The Balaban J connectivity index is 2.51. The molecule has 1 rings (SSSR count). The number of likely N-dealkylation sites (tertiary alicyclic amines) is 1. The van der Waals surface area contributed by atoms with Gasteiger partial charge in [0, 0.05) is 12.6 Å². The van der Waals surface area contributed by atoms with Gasteiger partial charge in [-0.05, 0) is 33.1 Å². The van der Waals surface area contributed by atoms with E-state index >= 15 is 0 Å². The molecule has 0 spiro atoms. The fraction of sp³-hybridized carbons (Fsp3) is 0.917. The third-order valence-electron chi connectivity index (χ3n) is 2.64. The van der Waals surface area contributed by atoms with Crippen molar-refractivity contribution in [3.8, 4) is 0 Å². The zero-order valence-corrected chi connectivity index (χ0v) is 11.0. The summed E-state index contributed by atoms with van der Waals surface area (Å²) in [4.78, 5) is 13.6. The van der Waals surface area contributed by atoms with Crippen molar-refractivity contribution in [1.82, 2.24) is 4.90 Å². The molecule has 0 aromatic heterocycles. The normalized spacial score (nSPS) is 25.6. The standard InChI is InChI=1S/C12H24N2O2/c1-8(2)6-10-9(13)7-14(10)11(15)16-12(3,4)5/h8-10H,6-7,13H2,1-5H3. The van der Waals surface area contributed by atoms with Gasteiger partial charge in [0.15, 0.2) is 0 Å². The first-order valence-electron chi connectivity index (χ1n) is 5.96. The van der Waals surface area contributed by atoms with Crippen molar-refractivity contribution >= 4 is 6.09 Å². The molecule has 4 heteroatoms. The van der Waals surface area contributed by atoms with Gasteiger partial charge in [-0.25, -0.2) is 4.79 Å². The van der Waals surface area contributed by atoms with E-state index in [1.165, 1.54) is 0 Å². The van der Waals surface area contributed by atoms with Crippen molar-refractivity contribution in [3.63, 3.8) is 0 Å². The average Bonchev–Trinajstić information content (AvgIpc) is 2.07. The van der Waals surface area contributed by atoms with Crippen LogP contribution in [0.5, 0.6) is 0 Å². The number of nitrogens with zero attached hydrogens (tertiary/aromatic N) is 1. The lowest BCUT2D eigenvalue weighted by Gasteiger charge is -2.47. The summed E-state index contributed by atoms with van der Waals surface area (Å²) in [6, 6.07) is 0.254. The Hall–Kier alpha value is -0.770. The van der Waals surface area contributed by atoms with E-state index in [-0.39, 0.29) is 18.2 Å². The quantitative estimate of drug-likeness (QED) is 0.786. The Morgan fingerprint density at radius 1 is 1.50 bits per heavy atom. The number of nitrogens with two attached hydrogens (primary N) is 1. The van der Waals surface area contributed by atoms with Gasteiger partial charge in [-0.15, -0.1) is 0 Å². The Labute approximate surface area is 98.1 Å². The number of ether oxygens (including phenoxy) is 1. The van der Waals surface area contributed by atoms with E-state index in [1.54, 1.807) is 4.90 Å². The average molecular weight is 228 g/mol. The number of carbonyl (C=O) groups is 1. The molecule has 4 nitrogen and oxygen atoms in total. The van der Waals surface area contributed by atoms with Crippen LogP contribution in [0.4, 0.5) is 4.79 Å². The first-order chi connectivity index (χ1) is 7.20. The summed E-state index contributed by atoms with van der Waals surface area (Å²) >= 11 is 0. The van der Waals surface area contributed by atoms with E-state index < -0.39 is 5.60 Å². The van der Waals surface area contributed by atoms with Crippen LogP contribution in [0.3, 0.4) is 0 Å². The molecule has 1 fully saturated rings. The molecular formula is C12H24N2O2. The molecule has 1 saturated heterocycles. The highest BCUT2D eigenvalue weighted by Crippen LogP contribution is 2.25. The highest BCUT2D eigenvalue weighted by Gasteiger charge is 2.41. The first-order valence-corrected chi connectivity index (χ1v) is 5.96. The van der Waals surface area contributed by atoms with Crippen molar-refractivity contribution in [2.45, 2.75) is 58.7 Å². The molecule has 2 unspecified atom stereocenters. The van der Waals surface area contributed by atoms with Gasteiger partial charge < -0.3 is 15.4 Å². The van der Waals surface area contributed by atoms with Gasteiger partial charge in [-0.3, -0.25) is 0 Å². The second kappa shape index (κ2) is 4.62. The number of amides is 1. The molecule has 1 amide bonds. The highest BCUT2D eigenvalue weighted by molar-refractivity contribution is 5.70. The first kappa shape index (κ1) is 13.3. The van der Waals surface area contributed by atoms with Crippen LogP contribution in [0, 0.1) is 5.92 Å². The van der Waals surface area contributed by atoms with Crippen LogP contribution in [0.1, 0.15) is 41.0 Å². The predicted molar refractivity (Wildman–Crippen MR) is 64.2 cm³/mol. The summed E-state index contributed by atoms with van der Waals surface area (Å²) in [5, 5.41) is 0. The molecule has 0 aromatic carbocycles. The molecule has 0 bridgehead atoms. The molecule has 1 heterocycles. The Morgan fingerprint density at radius 3 is 2.44 bits per heavy atom.